The zero-order chi connectivity index (χ0) is 21.8. The third-order valence-corrected chi connectivity index (χ3v) is 6.17. The van der Waals surface area contributed by atoms with Crippen LogP contribution in [0, 0.1) is 0 Å². The molecule has 5 rings (SSSR count). The Hall–Kier alpha value is -3.44. The first-order valence-electron chi connectivity index (χ1n) is 11.3. The highest BCUT2D eigenvalue weighted by atomic mass is 16.5. The molecule has 0 aliphatic heterocycles. The molecule has 4 aromatic rings. The van der Waals surface area contributed by atoms with Crippen LogP contribution in [0.4, 0.5) is 0 Å². The molecule has 0 spiro atoms. The minimum absolute atomic E-state index is 0.141. The van der Waals surface area contributed by atoms with E-state index >= 15 is 0 Å². The van der Waals surface area contributed by atoms with Crippen LogP contribution < -0.4 is 10.6 Å². The van der Waals surface area contributed by atoms with E-state index in [4.69, 9.17) is 4.52 Å². The molecule has 5 heteroatoms. The van der Waals surface area contributed by atoms with E-state index in [2.05, 4.69) is 64.3 Å². The Labute approximate surface area is 187 Å². The van der Waals surface area contributed by atoms with Crippen LogP contribution in [0.1, 0.15) is 40.0 Å². The number of carbonyl (C=O) groups is 1. The summed E-state index contributed by atoms with van der Waals surface area (Å²) in [5.74, 6) is 0.604. The lowest BCUT2D eigenvalue weighted by Crippen LogP contribution is -2.26. The van der Waals surface area contributed by atoms with E-state index in [9.17, 15) is 4.79 Å². The first-order valence-corrected chi connectivity index (χ1v) is 11.3. The molecule has 0 saturated carbocycles. The van der Waals surface area contributed by atoms with Crippen LogP contribution >= 0.6 is 0 Å². The molecule has 0 fully saturated rings. The molecule has 162 valence electrons. The fraction of sp³-hybridized carbons (Fsp3) is 0.259. The third-order valence-electron chi connectivity index (χ3n) is 6.17. The van der Waals surface area contributed by atoms with Gasteiger partial charge in [-0.3, -0.25) is 4.79 Å². The molecular formula is C27H27N3O2. The Morgan fingerprint density at radius 2 is 1.72 bits per heavy atom. The average molecular weight is 426 g/mol. The van der Waals surface area contributed by atoms with Gasteiger partial charge in [0.1, 0.15) is 0 Å². The van der Waals surface area contributed by atoms with E-state index in [0.29, 0.717) is 12.2 Å². The van der Waals surface area contributed by atoms with Crippen LogP contribution in [-0.4, -0.2) is 24.2 Å². The Morgan fingerprint density at radius 1 is 0.906 bits per heavy atom. The minimum atomic E-state index is -0.141. The second-order valence-corrected chi connectivity index (χ2v) is 8.27. The van der Waals surface area contributed by atoms with Crippen molar-refractivity contribution >= 4 is 16.7 Å². The lowest BCUT2D eigenvalue weighted by Gasteiger charge is -2.14. The Morgan fingerprint density at radius 3 is 2.69 bits per heavy atom. The van der Waals surface area contributed by atoms with E-state index in [1.54, 1.807) is 0 Å². The standard InChI is InChI=1S/C27H27N3O2/c31-27(25-24-15-14-20-9-2-4-13-23(20)26(24)32-30-25)29-17-6-5-16-28-18-21-11-7-10-19-8-1-3-12-22(19)21/h1-4,7-13,28H,5-6,14-18H2,(H,29,31). The first-order chi connectivity index (χ1) is 15.8. The number of rotatable bonds is 8. The largest absolute Gasteiger partial charge is 0.355 e. The summed E-state index contributed by atoms with van der Waals surface area (Å²) in [6.07, 6.45) is 3.61. The highest BCUT2D eigenvalue weighted by Gasteiger charge is 2.27. The number of benzene rings is 3. The van der Waals surface area contributed by atoms with Gasteiger partial charge >= 0.3 is 0 Å². The highest BCUT2D eigenvalue weighted by molar-refractivity contribution is 5.95. The predicted molar refractivity (Wildman–Crippen MR) is 127 cm³/mol. The number of aryl methyl sites for hydroxylation is 1. The van der Waals surface area contributed by atoms with Gasteiger partial charge in [0.2, 0.25) is 0 Å². The maximum Gasteiger partial charge on any atom is 0.273 e. The van der Waals surface area contributed by atoms with Crippen molar-refractivity contribution in [2.75, 3.05) is 13.1 Å². The second kappa shape index (κ2) is 9.37. The van der Waals surface area contributed by atoms with Crippen LogP contribution in [-0.2, 0) is 19.4 Å². The molecule has 3 aromatic carbocycles. The molecule has 0 unspecified atom stereocenters. The number of nitrogens with zero attached hydrogens (tertiary/aromatic N) is 1. The summed E-state index contributed by atoms with van der Waals surface area (Å²) < 4.78 is 5.55. The maximum absolute atomic E-state index is 12.6. The Kier molecular flexibility index (Phi) is 5.99. The van der Waals surface area contributed by atoms with Crippen molar-refractivity contribution in [2.24, 2.45) is 0 Å². The first kappa shape index (κ1) is 20.5. The van der Waals surface area contributed by atoms with Gasteiger partial charge in [0.25, 0.3) is 5.91 Å². The van der Waals surface area contributed by atoms with Gasteiger partial charge < -0.3 is 15.2 Å². The Balaban J connectivity index is 1.07. The zero-order valence-electron chi connectivity index (χ0n) is 18.1. The van der Waals surface area contributed by atoms with Crippen molar-refractivity contribution in [1.82, 2.24) is 15.8 Å². The van der Waals surface area contributed by atoms with Crippen LogP contribution in [0.25, 0.3) is 22.1 Å². The molecular weight excluding hydrogens is 398 g/mol. The van der Waals surface area contributed by atoms with Crippen LogP contribution in [0.15, 0.2) is 71.3 Å². The summed E-state index contributed by atoms with van der Waals surface area (Å²) in [4.78, 5) is 12.6. The van der Waals surface area contributed by atoms with Crippen molar-refractivity contribution in [3.8, 4) is 11.3 Å². The van der Waals surface area contributed by atoms with Crippen molar-refractivity contribution in [3.05, 3.63) is 89.1 Å². The summed E-state index contributed by atoms with van der Waals surface area (Å²) in [7, 11) is 0. The van der Waals surface area contributed by atoms with Crippen molar-refractivity contribution in [3.63, 3.8) is 0 Å². The topological polar surface area (TPSA) is 67.2 Å². The molecule has 5 nitrogen and oxygen atoms in total. The summed E-state index contributed by atoms with van der Waals surface area (Å²) in [6.45, 7) is 2.39. The quantitative estimate of drug-likeness (QED) is 0.394. The van der Waals surface area contributed by atoms with Gasteiger partial charge in [-0.05, 0) is 54.1 Å². The highest BCUT2D eigenvalue weighted by Crippen LogP contribution is 2.35. The average Bonchev–Trinajstić information content (AvgIpc) is 3.28. The van der Waals surface area contributed by atoms with Gasteiger partial charge in [0.05, 0.1) is 0 Å². The van der Waals surface area contributed by atoms with Gasteiger partial charge in [-0.2, -0.15) is 0 Å². The summed E-state index contributed by atoms with van der Waals surface area (Å²) in [5.41, 5.74) is 4.98. The molecule has 1 aliphatic rings. The van der Waals surface area contributed by atoms with E-state index in [1.165, 1.54) is 21.9 Å². The molecule has 2 N–H and O–H groups in total. The molecule has 1 aliphatic carbocycles. The second-order valence-electron chi connectivity index (χ2n) is 8.27. The number of fused-ring (bicyclic) bond motifs is 4. The van der Waals surface area contributed by atoms with Crippen molar-refractivity contribution < 1.29 is 9.32 Å². The number of hydrogen-bond acceptors (Lipinski definition) is 4. The van der Waals surface area contributed by atoms with Gasteiger partial charge in [-0.15, -0.1) is 0 Å². The van der Waals surface area contributed by atoms with Gasteiger partial charge in [0, 0.05) is 24.2 Å². The lowest BCUT2D eigenvalue weighted by atomic mass is 9.89. The van der Waals surface area contributed by atoms with E-state index < -0.39 is 0 Å². The SMILES string of the molecule is O=C(NCCCCNCc1cccc2ccccc12)c1noc2c1CCc1ccccc1-2. The monoisotopic (exact) mass is 425 g/mol. The Bertz CT molecular complexity index is 1240. The van der Waals surface area contributed by atoms with Crippen molar-refractivity contribution in [1.29, 1.82) is 0 Å². The number of amides is 1. The molecule has 32 heavy (non-hydrogen) atoms. The minimum Gasteiger partial charge on any atom is -0.355 e. The van der Waals surface area contributed by atoms with E-state index in [1.807, 2.05) is 18.2 Å². The molecule has 0 atom stereocenters. The smallest absolute Gasteiger partial charge is 0.273 e. The lowest BCUT2D eigenvalue weighted by molar-refractivity contribution is 0.0943. The number of unbranched alkanes of at least 4 members (excludes halogenated alkanes) is 1. The molecule has 0 radical (unpaired) electrons. The molecule has 1 aromatic heterocycles. The number of hydrogen-bond donors (Lipinski definition) is 2. The predicted octanol–water partition coefficient (Wildman–Crippen LogP) is 4.89. The molecule has 1 heterocycles. The molecule has 1 amide bonds. The van der Waals surface area contributed by atoms with Gasteiger partial charge in [-0.1, -0.05) is 71.9 Å². The fourth-order valence-electron chi connectivity index (χ4n) is 4.48. The van der Waals surface area contributed by atoms with Crippen molar-refractivity contribution in [2.45, 2.75) is 32.2 Å². The molecule has 0 saturated heterocycles. The number of carbonyl (C=O) groups excluding carboxylic acids is 1. The van der Waals surface area contributed by atoms with Crippen LogP contribution in [0.3, 0.4) is 0 Å². The normalized spacial score (nSPS) is 12.4. The number of nitrogens with one attached hydrogen (secondary N) is 2. The zero-order valence-corrected chi connectivity index (χ0v) is 18.1. The van der Waals surface area contributed by atoms with Gasteiger partial charge in [-0.25, -0.2) is 0 Å². The summed E-state index contributed by atoms with van der Waals surface area (Å²) in [5, 5.41) is 13.2. The summed E-state index contributed by atoms with van der Waals surface area (Å²) >= 11 is 0. The molecule has 0 bridgehead atoms. The van der Waals surface area contributed by atoms with Crippen LogP contribution in [0.5, 0.6) is 0 Å². The van der Waals surface area contributed by atoms with Gasteiger partial charge in [0.15, 0.2) is 11.5 Å². The summed E-state index contributed by atoms with van der Waals surface area (Å²) in [6, 6.07) is 23.1. The third kappa shape index (κ3) is 4.16. The fourth-order valence-corrected chi connectivity index (χ4v) is 4.48. The van der Waals surface area contributed by atoms with E-state index in [-0.39, 0.29) is 5.91 Å². The maximum atomic E-state index is 12.6. The van der Waals surface area contributed by atoms with Crippen LogP contribution in [0.2, 0.25) is 0 Å². The number of aromatic nitrogens is 1. The van der Waals surface area contributed by atoms with E-state index in [0.717, 1.165) is 55.7 Å².